The summed E-state index contributed by atoms with van der Waals surface area (Å²) in [6, 6.07) is 0.568. The Labute approximate surface area is 77.5 Å². The van der Waals surface area contributed by atoms with Gasteiger partial charge in [0.2, 0.25) is 5.95 Å². The van der Waals surface area contributed by atoms with Crippen LogP contribution >= 0.6 is 0 Å². The fourth-order valence-corrected chi connectivity index (χ4v) is 1.78. The molecule has 13 heavy (non-hydrogen) atoms. The molecule has 1 aliphatic rings. The predicted octanol–water partition coefficient (Wildman–Crippen LogP) is 0.955. The Hall–Kier alpha value is -1.13. The molecule has 5 nitrogen and oxygen atoms in total. The normalized spacial score (nSPS) is 18.8. The molecule has 0 spiro atoms. The summed E-state index contributed by atoms with van der Waals surface area (Å²) in [6.45, 7) is 0. The van der Waals surface area contributed by atoms with E-state index >= 15 is 0 Å². The molecule has 1 aromatic rings. The fraction of sp³-hybridized carbons (Fsp3) is 0.875. The van der Waals surface area contributed by atoms with Crippen LogP contribution in [0.1, 0.15) is 32.1 Å². The van der Waals surface area contributed by atoms with E-state index in [1.807, 2.05) is 7.05 Å². The summed E-state index contributed by atoms with van der Waals surface area (Å²) in [5.74, 6) is 0.784. The third-order valence-electron chi connectivity index (χ3n) is 2.56. The van der Waals surface area contributed by atoms with E-state index in [0.717, 1.165) is 5.95 Å². The Morgan fingerprint density at radius 3 is 2.69 bits per heavy atom. The second kappa shape index (κ2) is 3.72. The van der Waals surface area contributed by atoms with Gasteiger partial charge in [-0.2, -0.15) is 0 Å². The summed E-state index contributed by atoms with van der Waals surface area (Å²) in [4.78, 5) is 0. The molecule has 1 heterocycles. The van der Waals surface area contributed by atoms with E-state index in [1.54, 1.807) is 4.68 Å². The average molecular weight is 181 g/mol. The van der Waals surface area contributed by atoms with Crippen molar-refractivity contribution < 1.29 is 0 Å². The van der Waals surface area contributed by atoms with E-state index in [1.165, 1.54) is 32.1 Å². The summed E-state index contributed by atoms with van der Waals surface area (Å²) < 4.78 is 1.68. The predicted molar refractivity (Wildman–Crippen MR) is 49.3 cm³/mol. The van der Waals surface area contributed by atoms with Crippen molar-refractivity contribution in [3.05, 3.63) is 0 Å². The highest BCUT2D eigenvalue weighted by Crippen LogP contribution is 2.19. The number of tetrazole rings is 1. The molecule has 5 heteroatoms. The van der Waals surface area contributed by atoms with E-state index in [4.69, 9.17) is 0 Å². The first-order chi connectivity index (χ1) is 6.36. The van der Waals surface area contributed by atoms with Crippen molar-refractivity contribution in [3.63, 3.8) is 0 Å². The summed E-state index contributed by atoms with van der Waals surface area (Å²) in [5.41, 5.74) is 0. The lowest BCUT2D eigenvalue weighted by Crippen LogP contribution is -2.24. The van der Waals surface area contributed by atoms with Gasteiger partial charge in [0, 0.05) is 13.1 Å². The molecular formula is C8H15N5. The van der Waals surface area contributed by atoms with E-state index in [2.05, 4.69) is 20.8 Å². The minimum absolute atomic E-state index is 0.568. The van der Waals surface area contributed by atoms with E-state index in [-0.39, 0.29) is 0 Å². The van der Waals surface area contributed by atoms with Crippen molar-refractivity contribution in [3.8, 4) is 0 Å². The van der Waals surface area contributed by atoms with Crippen molar-refractivity contribution in [1.29, 1.82) is 0 Å². The third kappa shape index (κ3) is 1.96. The third-order valence-corrected chi connectivity index (χ3v) is 2.56. The molecule has 72 valence electrons. The van der Waals surface area contributed by atoms with Gasteiger partial charge in [0.1, 0.15) is 0 Å². The number of hydrogen-bond donors (Lipinski definition) is 1. The molecule has 0 radical (unpaired) electrons. The van der Waals surface area contributed by atoms with Crippen molar-refractivity contribution in [1.82, 2.24) is 20.2 Å². The highest BCUT2D eigenvalue weighted by atomic mass is 15.6. The molecule has 0 saturated heterocycles. The van der Waals surface area contributed by atoms with Crippen LogP contribution in [0.25, 0.3) is 0 Å². The lowest BCUT2D eigenvalue weighted by molar-refractivity contribution is 0.459. The zero-order valence-corrected chi connectivity index (χ0v) is 7.90. The minimum atomic E-state index is 0.568. The van der Waals surface area contributed by atoms with Crippen LogP contribution in [0.15, 0.2) is 0 Å². The van der Waals surface area contributed by atoms with Crippen LogP contribution in [0, 0.1) is 0 Å². The number of aryl methyl sites for hydroxylation is 1. The summed E-state index contributed by atoms with van der Waals surface area (Å²) in [5, 5.41) is 14.6. The average Bonchev–Trinajstić information content (AvgIpc) is 2.54. The van der Waals surface area contributed by atoms with Gasteiger partial charge >= 0.3 is 0 Å². The highest BCUT2D eigenvalue weighted by molar-refractivity contribution is 5.23. The van der Waals surface area contributed by atoms with Crippen molar-refractivity contribution >= 4 is 5.95 Å². The number of rotatable bonds is 2. The standard InChI is InChI=1S/C8H15N5/c1-13-8(10-11-12-13)9-7-5-3-2-4-6-7/h7H,2-6H2,1H3,(H,9,10,12). The van der Waals surface area contributed by atoms with Gasteiger partial charge in [-0.05, 0) is 23.3 Å². The first-order valence-corrected chi connectivity index (χ1v) is 4.85. The van der Waals surface area contributed by atoms with Crippen LogP contribution < -0.4 is 5.32 Å². The maximum absolute atomic E-state index is 3.90. The SMILES string of the molecule is Cn1nnnc1NC1CCCCC1. The van der Waals surface area contributed by atoms with Crippen molar-refractivity contribution in [2.24, 2.45) is 7.05 Å². The van der Waals surface area contributed by atoms with E-state index in [9.17, 15) is 0 Å². The first-order valence-electron chi connectivity index (χ1n) is 4.85. The van der Waals surface area contributed by atoms with Crippen molar-refractivity contribution in [2.75, 3.05) is 5.32 Å². The molecule has 1 saturated carbocycles. The summed E-state index contributed by atoms with van der Waals surface area (Å²) >= 11 is 0. The Morgan fingerprint density at radius 2 is 2.08 bits per heavy atom. The number of nitrogens with zero attached hydrogens (tertiary/aromatic N) is 4. The smallest absolute Gasteiger partial charge is 0.242 e. The van der Waals surface area contributed by atoms with Gasteiger partial charge in [-0.15, -0.1) is 0 Å². The second-order valence-electron chi connectivity index (χ2n) is 3.61. The van der Waals surface area contributed by atoms with Gasteiger partial charge in [-0.3, -0.25) is 0 Å². The minimum Gasteiger partial charge on any atom is -0.350 e. The number of aromatic nitrogens is 4. The van der Waals surface area contributed by atoms with Gasteiger partial charge in [0.25, 0.3) is 0 Å². The number of anilines is 1. The molecule has 1 fully saturated rings. The van der Waals surface area contributed by atoms with Crippen LogP contribution in [0.2, 0.25) is 0 Å². The number of hydrogen-bond acceptors (Lipinski definition) is 4. The molecule has 1 N–H and O–H groups in total. The lowest BCUT2D eigenvalue weighted by Gasteiger charge is -2.22. The highest BCUT2D eigenvalue weighted by Gasteiger charge is 2.14. The van der Waals surface area contributed by atoms with Gasteiger partial charge in [-0.1, -0.05) is 24.4 Å². The summed E-state index contributed by atoms with van der Waals surface area (Å²) in [7, 11) is 1.85. The van der Waals surface area contributed by atoms with Gasteiger partial charge in [0.15, 0.2) is 0 Å². The topological polar surface area (TPSA) is 55.6 Å². The van der Waals surface area contributed by atoms with Gasteiger partial charge in [0.05, 0.1) is 0 Å². The zero-order chi connectivity index (χ0) is 9.10. The molecular weight excluding hydrogens is 166 g/mol. The Bertz CT molecular complexity index is 263. The fourth-order valence-electron chi connectivity index (χ4n) is 1.78. The monoisotopic (exact) mass is 181 g/mol. The quantitative estimate of drug-likeness (QED) is 0.738. The van der Waals surface area contributed by atoms with E-state index in [0.29, 0.717) is 6.04 Å². The molecule has 0 atom stereocenters. The van der Waals surface area contributed by atoms with Crippen LogP contribution in [-0.2, 0) is 7.05 Å². The molecule has 0 aliphatic heterocycles. The molecule has 1 aromatic heterocycles. The molecule has 0 bridgehead atoms. The van der Waals surface area contributed by atoms with Gasteiger partial charge in [-0.25, -0.2) is 4.68 Å². The van der Waals surface area contributed by atoms with Gasteiger partial charge < -0.3 is 5.32 Å². The molecule has 1 aliphatic carbocycles. The zero-order valence-electron chi connectivity index (χ0n) is 7.90. The summed E-state index contributed by atoms with van der Waals surface area (Å²) in [6.07, 6.45) is 6.50. The maximum atomic E-state index is 3.90. The van der Waals surface area contributed by atoms with Crippen molar-refractivity contribution in [2.45, 2.75) is 38.1 Å². The van der Waals surface area contributed by atoms with Crippen LogP contribution in [0.4, 0.5) is 5.95 Å². The maximum Gasteiger partial charge on any atom is 0.242 e. The van der Waals surface area contributed by atoms with Crippen LogP contribution in [0.5, 0.6) is 0 Å². The second-order valence-corrected chi connectivity index (χ2v) is 3.61. The van der Waals surface area contributed by atoms with Crippen LogP contribution in [-0.4, -0.2) is 26.2 Å². The lowest BCUT2D eigenvalue weighted by atomic mass is 9.96. The first kappa shape index (κ1) is 8.47. The molecule has 0 aromatic carbocycles. The Kier molecular flexibility index (Phi) is 2.42. The van der Waals surface area contributed by atoms with E-state index < -0.39 is 0 Å². The molecule has 0 amide bonds. The number of nitrogens with one attached hydrogen (secondary N) is 1. The largest absolute Gasteiger partial charge is 0.350 e. The molecule has 2 rings (SSSR count). The molecule has 0 unspecified atom stereocenters. The van der Waals surface area contributed by atoms with Crippen LogP contribution in [0.3, 0.4) is 0 Å². The Morgan fingerprint density at radius 1 is 1.31 bits per heavy atom. The Balaban J connectivity index is 1.93.